The second-order valence-corrected chi connectivity index (χ2v) is 15.6. The summed E-state index contributed by atoms with van der Waals surface area (Å²) < 4.78 is 16.6. The van der Waals surface area contributed by atoms with E-state index in [4.69, 9.17) is 0 Å². The summed E-state index contributed by atoms with van der Waals surface area (Å²) in [5, 5.41) is 3.88. The third-order valence-electron chi connectivity index (χ3n) is 6.41. The Balaban J connectivity index is 1.89. The lowest BCUT2D eigenvalue weighted by molar-refractivity contribution is 0.589. The van der Waals surface area contributed by atoms with Gasteiger partial charge in [-0.2, -0.15) is 0 Å². The Bertz CT molecular complexity index is 1280. The highest BCUT2D eigenvalue weighted by molar-refractivity contribution is 7.84. The molecule has 0 saturated carbocycles. The Morgan fingerprint density at radius 2 is 1.14 bits per heavy atom. The van der Waals surface area contributed by atoms with Crippen molar-refractivity contribution in [2.24, 2.45) is 0 Å². The second-order valence-electron chi connectivity index (χ2n) is 11.4. The van der Waals surface area contributed by atoms with Crippen molar-refractivity contribution < 1.29 is 4.21 Å². The van der Waals surface area contributed by atoms with Gasteiger partial charge in [0.1, 0.15) is 0 Å². The SMILES string of the molecule is CC(C)(C)c1ccc([C@H](N[S@](=O)C(C)(C)C)c2ccccc2P(c2ccccc2)c2ccccc2)cc1. The van der Waals surface area contributed by atoms with Gasteiger partial charge in [0.15, 0.2) is 0 Å². The van der Waals surface area contributed by atoms with Crippen LogP contribution in [0.5, 0.6) is 0 Å². The normalized spacial score (nSPS) is 13.9. The van der Waals surface area contributed by atoms with Gasteiger partial charge in [-0.3, -0.25) is 0 Å². The van der Waals surface area contributed by atoms with Gasteiger partial charge in [0.2, 0.25) is 0 Å². The quantitative estimate of drug-likeness (QED) is 0.261. The zero-order valence-corrected chi connectivity index (χ0v) is 24.4. The van der Waals surface area contributed by atoms with Gasteiger partial charge in [0.25, 0.3) is 0 Å². The summed E-state index contributed by atoms with van der Waals surface area (Å²) in [6.45, 7) is 12.7. The van der Waals surface area contributed by atoms with Gasteiger partial charge in [-0.1, -0.05) is 130 Å². The van der Waals surface area contributed by atoms with E-state index in [0.29, 0.717) is 0 Å². The van der Waals surface area contributed by atoms with E-state index in [1.54, 1.807) is 0 Å². The molecule has 0 aliphatic carbocycles. The molecule has 4 aromatic carbocycles. The van der Waals surface area contributed by atoms with Crippen molar-refractivity contribution >= 4 is 34.8 Å². The molecule has 0 aliphatic rings. The molecule has 0 bridgehead atoms. The first-order valence-electron chi connectivity index (χ1n) is 12.8. The Hall–Kier alpha value is -2.58. The van der Waals surface area contributed by atoms with Crippen molar-refractivity contribution in [3.8, 4) is 0 Å². The van der Waals surface area contributed by atoms with Crippen molar-refractivity contribution in [1.82, 2.24) is 4.72 Å². The van der Waals surface area contributed by atoms with Crippen molar-refractivity contribution in [2.45, 2.75) is 57.7 Å². The zero-order valence-electron chi connectivity index (χ0n) is 22.7. The van der Waals surface area contributed by atoms with Crippen LogP contribution in [0.3, 0.4) is 0 Å². The summed E-state index contributed by atoms with van der Waals surface area (Å²) in [6.07, 6.45) is 0. The fourth-order valence-corrected chi connectivity index (χ4v) is 7.61. The van der Waals surface area contributed by atoms with Crippen LogP contribution in [0, 0.1) is 0 Å². The summed E-state index contributed by atoms with van der Waals surface area (Å²) in [5.41, 5.74) is 3.65. The number of benzene rings is 4. The van der Waals surface area contributed by atoms with Gasteiger partial charge in [-0.05, 0) is 66.7 Å². The van der Waals surface area contributed by atoms with Crippen LogP contribution in [0.2, 0.25) is 0 Å². The Kier molecular flexibility index (Phi) is 8.49. The van der Waals surface area contributed by atoms with Crippen molar-refractivity contribution in [2.75, 3.05) is 0 Å². The molecule has 0 saturated heterocycles. The first-order chi connectivity index (χ1) is 17.6. The number of hydrogen-bond donors (Lipinski definition) is 1. The molecular formula is C33H38NOPS. The third-order valence-corrected chi connectivity index (χ3v) is 10.5. The molecule has 0 amide bonds. The first-order valence-corrected chi connectivity index (χ1v) is 15.3. The van der Waals surface area contributed by atoms with E-state index in [1.165, 1.54) is 27.0 Å². The van der Waals surface area contributed by atoms with E-state index in [-0.39, 0.29) is 16.2 Å². The van der Waals surface area contributed by atoms with Crippen LogP contribution in [0.25, 0.3) is 0 Å². The molecule has 4 aromatic rings. The summed E-state index contributed by atoms with van der Waals surface area (Å²) in [7, 11) is -2.05. The molecule has 37 heavy (non-hydrogen) atoms. The molecule has 0 fully saturated rings. The van der Waals surface area contributed by atoms with Gasteiger partial charge < -0.3 is 0 Å². The minimum Gasteiger partial charge on any atom is -0.242 e. The average molecular weight is 528 g/mol. The van der Waals surface area contributed by atoms with Gasteiger partial charge in [-0.15, -0.1) is 0 Å². The molecule has 0 unspecified atom stereocenters. The summed E-state index contributed by atoms with van der Waals surface area (Å²) in [6, 6.07) is 38.8. The second kappa shape index (κ2) is 11.4. The highest BCUT2D eigenvalue weighted by atomic mass is 32.2. The van der Waals surface area contributed by atoms with Gasteiger partial charge in [0, 0.05) is 0 Å². The van der Waals surface area contributed by atoms with Crippen molar-refractivity contribution in [3.63, 3.8) is 0 Å². The fraction of sp³-hybridized carbons (Fsp3) is 0.273. The summed E-state index contributed by atoms with van der Waals surface area (Å²) in [4.78, 5) is 0. The lowest BCUT2D eigenvalue weighted by Gasteiger charge is -2.29. The molecule has 1 N–H and O–H groups in total. The predicted molar refractivity (Wildman–Crippen MR) is 163 cm³/mol. The van der Waals surface area contributed by atoms with E-state index >= 15 is 0 Å². The monoisotopic (exact) mass is 527 g/mol. The Labute approximate surface area is 226 Å². The minimum absolute atomic E-state index is 0.0720. The molecule has 4 rings (SSSR count). The van der Waals surface area contributed by atoms with Gasteiger partial charge in [0.05, 0.1) is 21.8 Å². The lowest BCUT2D eigenvalue weighted by Crippen LogP contribution is -2.38. The molecule has 2 nitrogen and oxygen atoms in total. The topological polar surface area (TPSA) is 29.1 Å². The zero-order chi connectivity index (χ0) is 26.6. The Morgan fingerprint density at radius 1 is 0.649 bits per heavy atom. The van der Waals surface area contributed by atoms with E-state index in [2.05, 4.69) is 135 Å². The maximum absolute atomic E-state index is 13.5. The van der Waals surface area contributed by atoms with Crippen LogP contribution in [-0.4, -0.2) is 8.96 Å². The molecule has 0 radical (unpaired) electrons. The highest BCUT2D eigenvalue weighted by Gasteiger charge is 2.29. The maximum Gasteiger partial charge on any atom is 0.0979 e. The smallest absolute Gasteiger partial charge is 0.0979 e. The van der Waals surface area contributed by atoms with Crippen molar-refractivity contribution in [3.05, 3.63) is 126 Å². The third kappa shape index (κ3) is 6.65. The molecular weight excluding hydrogens is 489 g/mol. The van der Waals surface area contributed by atoms with Crippen molar-refractivity contribution in [1.29, 1.82) is 0 Å². The van der Waals surface area contributed by atoms with Crippen LogP contribution >= 0.6 is 7.92 Å². The molecule has 192 valence electrons. The molecule has 4 heteroatoms. The molecule has 0 aliphatic heterocycles. The highest BCUT2D eigenvalue weighted by Crippen LogP contribution is 2.37. The van der Waals surface area contributed by atoms with E-state index in [0.717, 1.165) is 5.56 Å². The van der Waals surface area contributed by atoms with Crippen LogP contribution in [-0.2, 0) is 16.4 Å². The van der Waals surface area contributed by atoms with Crippen LogP contribution in [0.1, 0.15) is 64.3 Å². The molecule has 0 heterocycles. The van der Waals surface area contributed by atoms with Gasteiger partial charge >= 0.3 is 0 Å². The predicted octanol–water partition coefficient (Wildman–Crippen LogP) is 6.88. The fourth-order valence-electron chi connectivity index (χ4n) is 4.29. The Morgan fingerprint density at radius 3 is 1.62 bits per heavy atom. The molecule has 0 spiro atoms. The van der Waals surface area contributed by atoms with E-state index in [1.807, 2.05) is 20.8 Å². The lowest BCUT2D eigenvalue weighted by atomic mass is 9.86. The summed E-state index contributed by atoms with van der Waals surface area (Å²) >= 11 is 0. The first kappa shape index (κ1) is 27.5. The van der Waals surface area contributed by atoms with Gasteiger partial charge in [-0.25, -0.2) is 8.93 Å². The van der Waals surface area contributed by atoms with Crippen LogP contribution in [0.4, 0.5) is 0 Å². The molecule has 2 atom stereocenters. The van der Waals surface area contributed by atoms with E-state index < -0.39 is 18.9 Å². The standard InChI is InChI=1S/C33H38NOPS/c1-32(2,3)26-23-21-25(22-24-26)31(34-37(35)33(4,5)6)29-19-13-14-20-30(29)36(27-15-9-7-10-16-27)28-17-11-8-12-18-28/h7-24,31,34H,1-6H3/t31-,37+/m0/s1. The van der Waals surface area contributed by atoms with Crippen LogP contribution < -0.4 is 20.6 Å². The van der Waals surface area contributed by atoms with E-state index in [9.17, 15) is 4.21 Å². The number of hydrogen-bond acceptors (Lipinski definition) is 1. The summed E-state index contributed by atoms with van der Waals surface area (Å²) in [5.74, 6) is 0. The minimum atomic E-state index is -1.24. The largest absolute Gasteiger partial charge is 0.242 e. The average Bonchev–Trinajstić information content (AvgIpc) is 2.88. The molecule has 0 aromatic heterocycles. The maximum atomic E-state index is 13.5. The number of rotatable bonds is 7. The number of nitrogens with one attached hydrogen (secondary N) is 1. The van der Waals surface area contributed by atoms with Crippen LogP contribution in [0.15, 0.2) is 109 Å².